The second kappa shape index (κ2) is 7.61. The molecule has 3 aliphatic rings. The Kier molecular flexibility index (Phi) is 5.25. The van der Waals surface area contributed by atoms with E-state index in [-0.39, 0.29) is 0 Å². The molecular formula is C21H27N3O5S. The molecule has 162 valence electrons. The van der Waals surface area contributed by atoms with Crippen molar-refractivity contribution < 1.29 is 23.1 Å². The number of carbonyl (C=O) groups excluding carboxylic acids is 1. The average molecular weight is 434 g/mol. The molecule has 3 N–H and O–H groups in total. The van der Waals surface area contributed by atoms with Crippen LogP contribution in [0.1, 0.15) is 54.9 Å². The zero-order valence-corrected chi connectivity index (χ0v) is 17.8. The fourth-order valence-corrected chi connectivity index (χ4v) is 5.89. The molecule has 1 aliphatic heterocycles. The summed E-state index contributed by atoms with van der Waals surface area (Å²) in [7, 11) is -4.06. The number of urea groups is 1. The summed E-state index contributed by atoms with van der Waals surface area (Å²) in [4.78, 5) is 25.0. The van der Waals surface area contributed by atoms with Gasteiger partial charge in [-0.1, -0.05) is 0 Å². The Labute approximate surface area is 176 Å². The summed E-state index contributed by atoms with van der Waals surface area (Å²) in [5.41, 5.74) is 4.89. The molecule has 1 atom stereocenters. The van der Waals surface area contributed by atoms with Gasteiger partial charge in [0.2, 0.25) is 0 Å². The lowest BCUT2D eigenvalue weighted by molar-refractivity contribution is 0.126. The number of fused-ring (bicyclic) bond motifs is 3. The molecule has 30 heavy (non-hydrogen) atoms. The van der Waals surface area contributed by atoms with Gasteiger partial charge in [-0.05, 0) is 92.7 Å². The largest absolute Gasteiger partial charge is 0.465 e. The number of nitrogens with zero attached hydrogens (tertiary/aromatic N) is 1. The zero-order valence-electron chi connectivity index (χ0n) is 17.0. The Hall–Kier alpha value is -2.55. The number of carboxylic acid groups (broad SMARTS) is 1. The van der Waals surface area contributed by atoms with E-state index in [1.54, 1.807) is 6.92 Å². The molecule has 1 fully saturated rings. The summed E-state index contributed by atoms with van der Waals surface area (Å²) in [6.45, 7) is 2.03. The van der Waals surface area contributed by atoms with E-state index in [4.69, 9.17) is 0 Å². The number of likely N-dealkylation sites (tertiary alicyclic amines) is 1. The van der Waals surface area contributed by atoms with Crippen molar-refractivity contribution in [1.82, 2.24) is 9.62 Å². The van der Waals surface area contributed by atoms with Crippen molar-refractivity contribution in [3.05, 3.63) is 39.8 Å². The van der Waals surface area contributed by atoms with Crippen molar-refractivity contribution in [2.45, 2.75) is 63.8 Å². The number of amides is 3. The summed E-state index contributed by atoms with van der Waals surface area (Å²) >= 11 is 0. The van der Waals surface area contributed by atoms with Gasteiger partial charge in [-0.3, -0.25) is 4.90 Å². The highest BCUT2D eigenvalue weighted by Crippen LogP contribution is 2.38. The highest BCUT2D eigenvalue weighted by Gasteiger charge is 2.38. The topological polar surface area (TPSA) is 116 Å². The first-order valence-electron chi connectivity index (χ1n) is 10.4. The smallest absolute Gasteiger partial charge is 0.407 e. The van der Waals surface area contributed by atoms with Crippen LogP contribution in [0, 0.1) is 0 Å². The van der Waals surface area contributed by atoms with Crippen LogP contribution in [0.15, 0.2) is 17.6 Å². The van der Waals surface area contributed by atoms with E-state index >= 15 is 0 Å². The Bertz CT molecular complexity index is 1030. The van der Waals surface area contributed by atoms with E-state index in [9.17, 15) is 23.1 Å². The predicted octanol–water partition coefficient (Wildman–Crippen LogP) is 3.16. The van der Waals surface area contributed by atoms with Crippen LogP contribution in [0.4, 0.5) is 15.3 Å². The number of benzene rings is 1. The average Bonchev–Trinajstić information content (AvgIpc) is 3.38. The van der Waals surface area contributed by atoms with Crippen LogP contribution in [-0.4, -0.2) is 42.6 Å². The standard InChI is InChI=1S/C21H27N3O5S/c1-21(9-4-11-24(21)20(26)27)10-12-30(28,29)23-19(25)22-18-13-14-5-2-6-15(14)16-7-3-8-17(16)18/h10,12-13H,2-9,11H2,1H3,(H,26,27)(H2,22,23,25). The van der Waals surface area contributed by atoms with E-state index in [0.29, 0.717) is 25.1 Å². The fraction of sp³-hybridized carbons (Fsp3) is 0.524. The van der Waals surface area contributed by atoms with E-state index < -0.39 is 27.7 Å². The molecule has 0 aromatic heterocycles. The van der Waals surface area contributed by atoms with Gasteiger partial charge in [0.15, 0.2) is 0 Å². The molecule has 3 amide bonds. The van der Waals surface area contributed by atoms with Crippen LogP contribution in [0.5, 0.6) is 0 Å². The number of carbonyl (C=O) groups is 2. The summed E-state index contributed by atoms with van der Waals surface area (Å²) in [5, 5.41) is 12.9. The first kappa shape index (κ1) is 20.7. The molecule has 0 radical (unpaired) electrons. The van der Waals surface area contributed by atoms with Gasteiger partial charge in [0.05, 0.1) is 5.54 Å². The first-order valence-corrected chi connectivity index (χ1v) is 11.9. The van der Waals surface area contributed by atoms with Crippen molar-refractivity contribution in [3.63, 3.8) is 0 Å². The van der Waals surface area contributed by atoms with Crippen LogP contribution in [0.25, 0.3) is 0 Å². The third-order valence-electron chi connectivity index (χ3n) is 6.49. The molecule has 0 saturated carbocycles. The Morgan fingerprint density at radius 3 is 2.57 bits per heavy atom. The highest BCUT2D eigenvalue weighted by atomic mass is 32.2. The monoisotopic (exact) mass is 433 g/mol. The van der Waals surface area contributed by atoms with E-state index in [1.165, 1.54) is 27.7 Å². The van der Waals surface area contributed by atoms with Crippen LogP contribution in [-0.2, 0) is 35.7 Å². The lowest BCUT2D eigenvalue weighted by Crippen LogP contribution is -2.43. The molecule has 1 aromatic carbocycles. The van der Waals surface area contributed by atoms with Crippen LogP contribution in [0.2, 0.25) is 0 Å². The van der Waals surface area contributed by atoms with Crippen LogP contribution >= 0.6 is 0 Å². The molecule has 1 aromatic rings. The first-order chi connectivity index (χ1) is 14.2. The second-order valence-corrected chi connectivity index (χ2v) is 10.1. The zero-order chi connectivity index (χ0) is 21.5. The van der Waals surface area contributed by atoms with Gasteiger partial charge < -0.3 is 10.4 Å². The minimum Gasteiger partial charge on any atom is -0.465 e. The minimum atomic E-state index is -4.06. The molecular weight excluding hydrogens is 406 g/mol. The molecule has 0 bridgehead atoms. The molecule has 2 aliphatic carbocycles. The summed E-state index contributed by atoms with van der Waals surface area (Å²) in [5.74, 6) is 0. The lowest BCUT2D eigenvalue weighted by atomic mass is 9.98. The number of aryl methyl sites for hydroxylation is 1. The van der Waals surface area contributed by atoms with Gasteiger partial charge in [0.25, 0.3) is 10.0 Å². The molecule has 1 unspecified atom stereocenters. The van der Waals surface area contributed by atoms with Crippen molar-refractivity contribution in [2.75, 3.05) is 11.9 Å². The number of sulfonamides is 1. The SMILES string of the molecule is CC1(C=CS(=O)(=O)NC(=O)Nc2cc3c(c4c2CCC4)CCC3)CCCN1C(=O)O. The highest BCUT2D eigenvalue weighted by molar-refractivity contribution is 7.92. The second-order valence-electron chi connectivity index (χ2n) is 8.52. The maximum absolute atomic E-state index is 12.4. The third kappa shape index (κ3) is 3.90. The molecule has 1 heterocycles. The fourth-order valence-electron chi connectivity index (χ4n) is 5.04. The van der Waals surface area contributed by atoms with Gasteiger partial charge in [0, 0.05) is 17.6 Å². The van der Waals surface area contributed by atoms with Crippen LogP contribution in [0.3, 0.4) is 0 Å². The Morgan fingerprint density at radius 2 is 1.80 bits per heavy atom. The van der Waals surface area contributed by atoms with Crippen molar-refractivity contribution in [1.29, 1.82) is 0 Å². The van der Waals surface area contributed by atoms with Gasteiger partial charge in [-0.25, -0.2) is 22.7 Å². The van der Waals surface area contributed by atoms with Gasteiger partial charge in [-0.2, -0.15) is 0 Å². The predicted molar refractivity (Wildman–Crippen MR) is 113 cm³/mol. The van der Waals surface area contributed by atoms with Gasteiger partial charge in [-0.15, -0.1) is 0 Å². The third-order valence-corrected chi connectivity index (χ3v) is 7.45. The maximum atomic E-state index is 12.4. The maximum Gasteiger partial charge on any atom is 0.407 e. The van der Waals surface area contributed by atoms with Crippen molar-refractivity contribution in [3.8, 4) is 0 Å². The Morgan fingerprint density at radius 1 is 1.10 bits per heavy atom. The number of anilines is 1. The summed E-state index contributed by atoms with van der Waals surface area (Å²) < 4.78 is 26.8. The van der Waals surface area contributed by atoms with E-state index in [1.807, 2.05) is 10.8 Å². The molecule has 9 heteroatoms. The Balaban J connectivity index is 1.47. The van der Waals surface area contributed by atoms with E-state index in [2.05, 4.69) is 5.32 Å². The molecule has 1 saturated heterocycles. The van der Waals surface area contributed by atoms with Gasteiger partial charge in [0.1, 0.15) is 0 Å². The van der Waals surface area contributed by atoms with E-state index in [0.717, 1.165) is 49.5 Å². The quantitative estimate of drug-likeness (QED) is 0.675. The minimum absolute atomic E-state index is 0.355. The summed E-state index contributed by atoms with van der Waals surface area (Å²) in [6, 6.07) is 1.18. The molecule has 4 rings (SSSR count). The normalized spacial score (nSPS) is 22.9. The number of hydrogen-bond donors (Lipinski definition) is 3. The van der Waals surface area contributed by atoms with Crippen LogP contribution < -0.4 is 10.0 Å². The van der Waals surface area contributed by atoms with Crippen molar-refractivity contribution in [2.24, 2.45) is 0 Å². The molecule has 0 spiro atoms. The summed E-state index contributed by atoms with van der Waals surface area (Å²) in [6.07, 6.45) is 7.55. The van der Waals surface area contributed by atoms with Crippen molar-refractivity contribution >= 4 is 27.8 Å². The number of hydrogen-bond acceptors (Lipinski definition) is 4. The van der Waals surface area contributed by atoms with Gasteiger partial charge >= 0.3 is 12.1 Å². The number of rotatable bonds is 4. The number of nitrogens with one attached hydrogen (secondary N) is 2. The molecule has 8 nitrogen and oxygen atoms in total. The lowest BCUT2D eigenvalue weighted by Gasteiger charge is -2.29.